The van der Waals surface area contributed by atoms with Gasteiger partial charge < -0.3 is 10.2 Å². The lowest BCUT2D eigenvalue weighted by atomic mass is 10.00. The molecule has 2 aromatic carbocycles. The van der Waals surface area contributed by atoms with Crippen molar-refractivity contribution in [3.8, 4) is 0 Å². The standard InChI is InChI=1S/C29H27F2N5O4S/c1-3-18(23-15-20(30)6-8-25(23)31)5-4-11-32-21-10-12-36-27(16-21)24(17-33-36)29(38)34-41(39,40)22-7-9-26-19(13-22)14-28(37)35(26)2/h3,6-10,12-13,15-17,32H,4-5,11,14H2,1-2H3,(H,34,38)/b18-3-. The lowest BCUT2D eigenvalue weighted by molar-refractivity contribution is -0.117. The summed E-state index contributed by atoms with van der Waals surface area (Å²) in [6.45, 7) is 2.28. The van der Waals surface area contributed by atoms with Crippen LogP contribution >= 0.6 is 0 Å². The van der Waals surface area contributed by atoms with Crippen LogP contribution in [0.3, 0.4) is 0 Å². The molecule has 0 bridgehead atoms. The molecule has 2 amide bonds. The van der Waals surface area contributed by atoms with Crippen LogP contribution in [0, 0.1) is 11.6 Å². The van der Waals surface area contributed by atoms with E-state index in [2.05, 4.69) is 15.1 Å². The number of allylic oxidation sites excluding steroid dienone is 2. The molecule has 2 aromatic heterocycles. The summed E-state index contributed by atoms with van der Waals surface area (Å²) in [4.78, 5) is 26.3. The molecule has 5 rings (SSSR count). The van der Waals surface area contributed by atoms with Crippen molar-refractivity contribution in [2.24, 2.45) is 0 Å². The second-order valence-electron chi connectivity index (χ2n) is 9.63. The fraction of sp³-hybridized carbons (Fsp3) is 0.207. The molecule has 0 saturated carbocycles. The normalized spacial score (nSPS) is 13.5. The van der Waals surface area contributed by atoms with E-state index in [1.54, 1.807) is 44.4 Å². The van der Waals surface area contributed by atoms with Gasteiger partial charge in [0.05, 0.1) is 28.6 Å². The van der Waals surface area contributed by atoms with Gasteiger partial charge in [0.1, 0.15) is 11.6 Å². The molecule has 0 radical (unpaired) electrons. The molecule has 4 aromatic rings. The van der Waals surface area contributed by atoms with Crippen LogP contribution in [0.25, 0.3) is 11.1 Å². The number of sulfonamides is 1. The molecule has 1 aliphatic rings. The number of amides is 2. The van der Waals surface area contributed by atoms with Gasteiger partial charge in [0.25, 0.3) is 15.9 Å². The Balaban J connectivity index is 1.25. The molecule has 0 fully saturated rings. The predicted molar refractivity (Wildman–Crippen MR) is 151 cm³/mol. The van der Waals surface area contributed by atoms with E-state index in [9.17, 15) is 26.8 Å². The number of benzene rings is 2. The van der Waals surface area contributed by atoms with Gasteiger partial charge >= 0.3 is 0 Å². The highest BCUT2D eigenvalue weighted by atomic mass is 32.2. The van der Waals surface area contributed by atoms with Gasteiger partial charge in [0, 0.05) is 36.7 Å². The summed E-state index contributed by atoms with van der Waals surface area (Å²) >= 11 is 0. The SMILES string of the molecule is C/C=C(/CCCNc1ccn2ncc(C(=O)NS(=O)(=O)c3ccc4c(c3)CC(=O)N4C)c2c1)c1cc(F)ccc1F. The maximum atomic E-state index is 14.2. The van der Waals surface area contributed by atoms with E-state index in [-0.39, 0.29) is 28.4 Å². The highest BCUT2D eigenvalue weighted by Crippen LogP contribution is 2.30. The van der Waals surface area contributed by atoms with Crippen LogP contribution in [0.4, 0.5) is 20.2 Å². The van der Waals surface area contributed by atoms with Crippen LogP contribution in [0.5, 0.6) is 0 Å². The number of anilines is 2. The molecule has 3 heterocycles. The Bertz CT molecular complexity index is 1820. The molecule has 41 heavy (non-hydrogen) atoms. The van der Waals surface area contributed by atoms with Gasteiger partial charge in [0.15, 0.2) is 0 Å². The first-order valence-electron chi connectivity index (χ1n) is 12.9. The quantitative estimate of drug-likeness (QED) is 0.282. The number of rotatable bonds is 9. The summed E-state index contributed by atoms with van der Waals surface area (Å²) in [5, 5.41) is 7.38. The molecular weight excluding hydrogens is 552 g/mol. The van der Waals surface area contributed by atoms with E-state index in [0.29, 0.717) is 47.4 Å². The van der Waals surface area contributed by atoms with Crippen molar-refractivity contribution in [3.63, 3.8) is 0 Å². The predicted octanol–water partition coefficient (Wildman–Crippen LogP) is 4.55. The van der Waals surface area contributed by atoms with E-state index in [1.165, 1.54) is 33.8 Å². The van der Waals surface area contributed by atoms with Gasteiger partial charge in [-0.15, -0.1) is 0 Å². The van der Waals surface area contributed by atoms with Crippen molar-refractivity contribution in [3.05, 3.63) is 95.3 Å². The minimum Gasteiger partial charge on any atom is -0.385 e. The highest BCUT2D eigenvalue weighted by Gasteiger charge is 2.27. The van der Waals surface area contributed by atoms with Crippen molar-refractivity contribution in [2.75, 3.05) is 23.8 Å². The number of hydrogen-bond donors (Lipinski definition) is 2. The molecule has 0 unspecified atom stereocenters. The summed E-state index contributed by atoms with van der Waals surface area (Å²) in [6, 6.07) is 11.1. The Hall–Kier alpha value is -4.58. The Morgan fingerprint density at radius 2 is 1.90 bits per heavy atom. The molecule has 0 atom stereocenters. The van der Waals surface area contributed by atoms with E-state index < -0.39 is 27.6 Å². The number of aromatic nitrogens is 2. The average molecular weight is 580 g/mol. The van der Waals surface area contributed by atoms with Gasteiger partial charge in [0.2, 0.25) is 5.91 Å². The third-order valence-electron chi connectivity index (χ3n) is 7.01. The molecule has 2 N–H and O–H groups in total. The number of carbonyl (C=O) groups is 2. The van der Waals surface area contributed by atoms with Crippen molar-refractivity contribution < 1.29 is 26.8 Å². The Morgan fingerprint density at radius 1 is 1.10 bits per heavy atom. The van der Waals surface area contributed by atoms with E-state index in [1.807, 2.05) is 0 Å². The number of nitrogens with one attached hydrogen (secondary N) is 2. The molecule has 9 nitrogen and oxygen atoms in total. The molecule has 0 aliphatic carbocycles. The summed E-state index contributed by atoms with van der Waals surface area (Å²) in [5.74, 6) is -1.97. The third kappa shape index (κ3) is 5.68. The number of halogens is 2. The Labute approximate surface area is 235 Å². The first-order chi connectivity index (χ1) is 19.6. The zero-order valence-electron chi connectivity index (χ0n) is 22.3. The van der Waals surface area contributed by atoms with Crippen molar-refractivity contribution >= 4 is 44.3 Å². The Morgan fingerprint density at radius 3 is 2.68 bits per heavy atom. The van der Waals surface area contributed by atoms with Gasteiger partial charge in [-0.2, -0.15) is 5.10 Å². The lowest BCUT2D eigenvalue weighted by Crippen LogP contribution is -2.30. The molecule has 212 valence electrons. The monoisotopic (exact) mass is 579 g/mol. The molecule has 12 heteroatoms. The van der Waals surface area contributed by atoms with Gasteiger partial charge in [-0.3, -0.25) is 9.59 Å². The van der Waals surface area contributed by atoms with Gasteiger partial charge in [-0.1, -0.05) is 6.08 Å². The van der Waals surface area contributed by atoms with Crippen LogP contribution in [-0.4, -0.2) is 43.4 Å². The van der Waals surface area contributed by atoms with Crippen LogP contribution in [0.1, 0.15) is 41.3 Å². The fourth-order valence-corrected chi connectivity index (χ4v) is 5.82. The highest BCUT2D eigenvalue weighted by molar-refractivity contribution is 7.90. The van der Waals surface area contributed by atoms with Crippen LogP contribution in [0.15, 0.2) is 71.9 Å². The van der Waals surface area contributed by atoms with Crippen LogP contribution in [-0.2, 0) is 21.2 Å². The number of fused-ring (bicyclic) bond motifs is 2. The van der Waals surface area contributed by atoms with Crippen LogP contribution in [0.2, 0.25) is 0 Å². The molecule has 0 spiro atoms. The van der Waals surface area contributed by atoms with Gasteiger partial charge in [-0.05, 0) is 79.4 Å². The van der Waals surface area contributed by atoms with E-state index in [4.69, 9.17) is 0 Å². The maximum Gasteiger partial charge on any atom is 0.268 e. The summed E-state index contributed by atoms with van der Waals surface area (Å²) in [7, 11) is -2.60. The summed E-state index contributed by atoms with van der Waals surface area (Å²) in [6.07, 6.45) is 5.90. The Kier molecular flexibility index (Phi) is 7.59. The number of hydrogen-bond acceptors (Lipinski definition) is 6. The van der Waals surface area contributed by atoms with Crippen molar-refractivity contribution in [2.45, 2.75) is 31.1 Å². The van der Waals surface area contributed by atoms with Crippen molar-refractivity contribution in [1.82, 2.24) is 14.3 Å². The average Bonchev–Trinajstić information content (AvgIpc) is 3.49. The number of carbonyl (C=O) groups excluding carboxylic acids is 2. The number of nitrogens with zero attached hydrogens (tertiary/aromatic N) is 3. The molecule has 0 saturated heterocycles. The summed E-state index contributed by atoms with van der Waals surface area (Å²) in [5.41, 5.74) is 3.25. The van der Waals surface area contributed by atoms with Gasteiger partial charge in [-0.25, -0.2) is 26.4 Å². The molecular formula is C29H27F2N5O4S. The van der Waals surface area contributed by atoms with E-state index >= 15 is 0 Å². The van der Waals surface area contributed by atoms with Crippen molar-refractivity contribution in [1.29, 1.82) is 0 Å². The molecule has 1 aliphatic heterocycles. The first kappa shape index (κ1) is 28.0. The minimum atomic E-state index is -4.22. The second kappa shape index (κ2) is 11.1. The topological polar surface area (TPSA) is 113 Å². The smallest absolute Gasteiger partial charge is 0.268 e. The number of likely N-dealkylation sites (N-methyl/N-ethyl adjacent to an activating group) is 1. The number of pyridine rings is 1. The minimum absolute atomic E-state index is 0.0612. The zero-order valence-corrected chi connectivity index (χ0v) is 23.1. The summed E-state index contributed by atoms with van der Waals surface area (Å²) < 4.78 is 57.3. The first-order valence-corrected chi connectivity index (χ1v) is 14.3. The second-order valence-corrected chi connectivity index (χ2v) is 11.3. The lowest BCUT2D eigenvalue weighted by Gasteiger charge is -2.12. The third-order valence-corrected chi connectivity index (χ3v) is 8.34. The largest absolute Gasteiger partial charge is 0.385 e. The van der Waals surface area contributed by atoms with Crippen LogP contribution < -0.4 is 14.9 Å². The van der Waals surface area contributed by atoms with E-state index in [0.717, 1.165) is 12.1 Å². The fourth-order valence-electron chi connectivity index (χ4n) is 4.80. The zero-order chi connectivity index (χ0) is 29.3. The maximum absolute atomic E-state index is 14.2.